The number of nitrogens with two attached hydrogens (primary N) is 2. The van der Waals surface area contributed by atoms with Crippen molar-refractivity contribution >= 4 is 48.6 Å². The zero-order valence-electron chi connectivity index (χ0n) is 27.6. The van der Waals surface area contributed by atoms with E-state index in [1.807, 2.05) is 0 Å². The molecule has 292 valence electrons. The molecule has 0 saturated carbocycles. The summed E-state index contributed by atoms with van der Waals surface area (Å²) in [6.45, 7) is 6.93. The number of nitrogens with zero attached hydrogens (tertiary/aromatic N) is 2. The second-order valence-corrected chi connectivity index (χ2v) is 16.0. The van der Waals surface area contributed by atoms with Crippen LogP contribution in [-0.2, 0) is 41.5 Å². The van der Waals surface area contributed by atoms with E-state index >= 15 is 0 Å². The molecule has 2 heterocycles. The van der Waals surface area contributed by atoms with Crippen molar-refractivity contribution in [2.45, 2.75) is 105 Å². The van der Waals surface area contributed by atoms with Gasteiger partial charge in [0.05, 0.1) is 31.7 Å². The first-order valence-corrected chi connectivity index (χ1v) is 17.3. The molecule has 51 heavy (non-hydrogen) atoms. The van der Waals surface area contributed by atoms with Gasteiger partial charge >= 0.3 is 12.4 Å². The molecule has 0 radical (unpaired) electrons. The van der Waals surface area contributed by atoms with E-state index < -0.39 is 98.0 Å². The molecule has 7 N–H and O–H groups in total. The van der Waals surface area contributed by atoms with Gasteiger partial charge in [0.2, 0.25) is 0 Å². The van der Waals surface area contributed by atoms with Gasteiger partial charge in [-0.05, 0) is 52.7 Å². The molecule has 0 aliphatic heterocycles. The molecule has 0 spiro atoms. The van der Waals surface area contributed by atoms with Crippen molar-refractivity contribution in [2.75, 3.05) is 11.5 Å². The Hall–Kier alpha value is -3.37. The van der Waals surface area contributed by atoms with Gasteiger partial charge in [-0.25, -0.2) is 26.8 Å². The van der Waals surface area contributed by atoms with E-state index in [4.69, 9.17) is 31.6 Å². The van der Waals surface area contributed by atoms with Gasteiger partial charge in [0.25, 0.3) is 5.97 Å². The molecule has 0 amide bonds. The maximum Gasteiger partial charge on any atom is 0.414 e. The number of Topliss-reactive ketones (excluding diaryl/α,β-unsaturated/α-hetero) is 2. The van der Waals surface area contributed by atoms with Crippen molar-refractivity contribution in [2.24, 2.45) is 0 Å². The monoisotopic (exact) mass is 824 g/mol. The number of ketones is 2. The van der Waals surface area contributed by atoms with Gasteiger partial charge in [-0.1, -0.05) is 0 Å². The third kappa shape index (κ3) is 15.8. The number of hydrogen-bond donors (Lipinski definition) is 5. The maximum atomic E-state index is 12.2. The molecule has 2 aromatic rings. The standard InChI is InChI=1S/2C13H17F3N2O4S.C2H4O2.Fe/c2*1-7(2)23(21,22)8-5-9(17)12(18-6-8)10(19)3-4-11(20)13(14,15)16;1-2(3)4;/h2*5-7,11,20H,3-4,17H2,1-2H3;1H3,(H,3,4);. The molecule has 0 aliphatic carbocycles. The van der Waals surface area contributed by atoms with Crippen molar-refractivity contribution < 1.29 is 89.9 Å². The number of aromatic nitrogens is 2. The van der Waals surface area contributed by atoms with Crippen LogP contribution >= 0.6 is 0 Å². The van der Waals surface area contributed by atoms with Crippen LogP contribution in [0.15, 0.2) is 34.3 Å². The molecule has 2 atom stereocenters. The number of pyridine rings is 2. The van der Waals surface area contributed by atoms with Gasteiger partial charge in [-0.15, -0.1) is 0 Å². The van der Waals surface area contributed by atoms with Crippen molar-refractivity contribution in [1.29, 1.82) is 0 Å². The van der Waals surface area contributed by atoms with Crippen molar-refractivity contribution in [3.8, 4) is 0 Å². The molecular formula is C28H38F6FeN4O10S2. The fraction of sp³-hybridized carbons (Fsp3) is 0.536. The smallest absolute Gasteiger partial charge is 0.414 e. The fourth-order valence-corrected chi connectivity index (χ4v) is 5.41. The summed E-state index contributed by atoms with van der Waals surface area (Å²) in [7, 11) is -7.26. The maximum absolute atomic E-state index is 12.2. The van der Waals surface area contributed by atoms with Gasteiger partial charge in [0.15, 0.2) is 31.2 Å². The first-order chi connectivity index (χ1) is 22.5. The minimum absolute atomic E-state index is 0. The van der Waals surface area contributed by atoms with E-state index in [-0.39, 0.29) is 49.6 Å². The first kappa shape index (κ1) is 49.7. The Morgan fingerprint density at radius 2 is 0.961 bits per heavy atom. The van der Waals surface area contributed by atoms with Crippen molar-refractivity contribution in [1.82, 2.24) is 9.97 Å². The number of halogens is 6. The van der Waals surface area contributed by atoms with Crippen LogP contribution in [0.25, 0.3) is 0 Å². The number of carbonyl (C=O) groups excluding carboxylic acids is 2. The van der Waals surface area contributed by atoms with Crippen LogP contribution in [0.2, 0.25) is 0 Å². The minimum atomic E-state index is -4.81. The third-order valence-electron chi connectivity index (χ3n) is 6.26. The SMILES string of the molecule is CC(=O)O.CC(C)S(=O)(=O)c1cnc(C(=O)CCC(O)C(F)(F)F)c(N)c1.CC(C)S(=O)(=O)c1cnc(C(=O)CCC(O)C(F)(F)F)c(N)c1.[Fe]. The zero-order chi connectivity index (χ0) is 39.6. The summed E-state index contributed by atoms with van der Waals surface area (Å²) in [5, 5.41) is 23.7. The summed E-state index contributed by atoms with van der Waals surface area (Å²) in [4.78, 5) is 39.6. The number of carboxylic acid groups (broad SMARTS) is 1. The van der Waals surface area contributed by atoms with Crippen LogP contribution < -0.4 is 11.5 Å². The normalized spacial score (nSPS) is 13.2. The third-order valence-corrected chi connectivity index (χ3v) is 10.5. The number of sulfone groups is 2. The molecular weight excluding hydrogens is 786 g/mol. The molecule has 23 heteroatoms. The van der Waals surface area contributed by atoms with E-state index in [2.05, 4.69) is 9.97 Å². The first-order valence-electron chi connectivity index (χ1n) is 14.2. The van der Waals surface area contributed by atoms with Crippen LogP contribution in [0.4, 0.5) is 37.7 Å². The Labute approximate surface area is 300 Å². The number of aliphatic carboxylic acids is 1. The number of carboxylic acids is 1. The molecule has 0 fully saturated rings. The van der Waals surface area contributed by atoms with Gasteiger partial charge in [0, 0.05) is 49.2 Å². The predicted molar refractivity (Wildman–Crippen MR) is 167 cm³/mol. The van der Waals surface area contributed by atoms with Crippen LogP contribution in [0.1, 0.15) is 81.3 Å². The topological polar surface area (TPSA) is 258 Å². The number of aliphatic hydroxyl groups excluding tert-OH is 2. The van der Waals surface area contributed by atoms with Crippen LogP contribution in [0, 0.1) is 0 Å². The van der Waals surface area contributed by atoms with E-state index in [0.717, 1.165) is 31.5 Å². The van der Waals surface area contributed by atoms with E-state index in [0.29, 0.717) is 0 Å². The van der Waals surface area contributed by atoms with Crippen molar-refractivity contribution in [3.63, 3.8) is 0 Å². The molecule has 0 aromatic carbocycles. The van der Waals surface area contributed by atoms with E-state index in [9.17, 15) is 52.8 Å². The molecule has 0 saturated heterocycles. The number of nitrogen functional groups attached to an aromatic ring is 2. The average molecular weight is 825 g/mol. The predicted octanol–water partition coefficient (Wildman–Crippen LogP) is 3.55. The largest absolute Gasteiger partial charge is 0.481 e. The Morgan fingerprint density at radius 1 is 0.706 bits per heavy atom. The fourth-order valence-electron chi connectivity index (χ4n) is 3.34. The molecule has 14 nitrogen and oxygen atoms in total. The molecule has 0 bridgehead atoms. The van der Waals surface area contributed by atoms with Gasteiger partial charge in [-0.3, -0.25) is 14.4 Å². The summed E-state index contributed by atoms with van der Waals surface area (Å²) >= 11 is 0. The Morgan fingerprint density at radius 3 is 1.16 bits per heavy atom. The number of aliphatic hydroxyl groups is 2. The number of carbonyl (C=O) groups is 3. The number of rotatable bonds is 12. The number of hydrogen-bond acceptors (Lipinski definition) is 13. The molecule has 2 aromatic heterocycles. The summed E-state index contributed by atoms with van der Waals surface area (Å²) in [6, 6.07) is 2.10. The number of alkyl halides is 6. The van der Waals surface area contributed by atoms with Crippen molar-refractivity contribution in [3.05, 3.63) is 35.9 Å². The second-order valence-electron chi connectivity index (χ2n) is 11.0. The molecule has 2 unspecified atom stereocenters. The van der Waals surface area contributed by atoms with Crippen LogP contribution in [0.5, 0.6) is 0 Å². The Balaban J connectivity index is 0. The zero-order valence-corrected chi connectivity index (χ0v) is 30.4. The molecule has 2 rings (SSSR count). The second kappa shape index (κ2) is 20.0. The average Bonchev–Trinajstić information content (AvgIpc) is 2.96. The summed E-state index contributed by atoms with van der Waals surface area (Å²) in [6.07, 6.45) is -15.9. The van der Waals surface area contributed by atoms with Crippen LogP contribution in [-0.4, -0.2) is 94.7 Å². The Kier molecular flexibility index (Phi) is 19.5. The Bertz CT molecular complexity index is 1600. The van der Waals surface area contributed by atoms with Crippen LogP contribution in [0.3, 0.4) is 0 Å². The van der Waals surface area contributed by atoms with Gasteiger partial charge in [0.1, 0.15) is 23.6 Å². The van der Waals surface area contributed by atoms with E-state index in [1.165, 1.54) is 27.7 Å². The molecule has 0 aliphatic rings. The van der Waals surface area contributed by atoms with E-state index in [1.54, 1.807) is 0 Å². The minimum Gasteiger partial charge on any atom is -0.481 e. The summed E-state index contributed by atoms with van der Waals surface area (Å²) in [5.74, 6) is -2.45. The summed E-state index contributed by atoms with van der Waals surface area (Å²) in [5.41, 5.74) is 10.0. The quantitative estimate of drug-likeness (QED) is 0.117. The summed E-state index contributed by atoms with van der Waals surface area (Å²) < 4.78 is 121. The van der Waals surface area contributed by atoms with Gasteiger partial charge in [-0.2, -0.15) is 26.3 Å². The number of anilines is 2. The van der Waals surface area contributed by atoms with Gasteiger partial charge < -0.3 is 26.8 Å².